The van der Waals surface area contributed by atoms with Gasteiger partial charge in [0, 0.05) is 38.0 Å². The van der Waals surface area contributed by atoms with Crippen LogP contribution in [0.25, 0.3) is 0 Å². The molecule has 4 heteroatoms. The third kappa shape index (κ3) is 2.82. The summed E-state index contributed by atoms with van der Waals surface area (Å²) in [6.07, 6.45) is 5.44. The van der Waals surface area contributed by atoms with Gasteiger partial charge in [-0.1, -0.05) is 6.07 Å². The van der Waals surface area contributed by atoms with Crippen LogP contribution in [-0.2, 0) is 4.74 Å². The molecule has 1 atom stereocenters. The minimum atomic E-state index is 0.580. The van der Waals surface area contributed by atoms with Gasteiger partial charge in [-0.15, -0.1) is 0 Å². The van der Waals surface area contributed by atoms with E-state index in [4.69, 9.17) is 4.74 Å². The van der Waals surface area contributed by atoms with Crippen LogP contribution in [0.4, 0.5) is 5.82 Å². The summed E-state index contributed by atoms with van der Waals surface area (Å²) >= 11 is 0. The molecule has 0 radical (unpaired) electrons. The van der Waals surface area contributed by atoms with Crippen LogP contribution in [0, 0.1) is 0 Å². The number of anilines is 1. The molecule has 0 spiro atoms. The summed E-state index contributed by atoms with van der Waals surface area (Å²) < 4.78 is 5.41. The van der Waals surface area contributed by atoms with Crippen molar-refractivity contribution in [2.75, 3.05) is 31.2 Å². The van der Waals surface area contributed by atoms with E-state index in [0.29, 0.717) is 12.1 Å². The lowest BCUT2D eigenvalue weighted by atomic mass is 10.0. The molecule has 98 valence electrons. The van der Waals surface area contributed by atoms with Crippen molar-refractivity contribution < 1.29 is 4.74 Å². The van der Waals surface area contributed by atoms with E-state index >= 15 is 0 Å². The topological polar surface area (TPSA) is 37.4 Å². The number of piperidine rings is 1. The van der Waals surface area contributed by atoms with Crippen LogP contribution in [0.2, 0.25) is 0 Å². The Morgan fingerprint density at radius 3 is 2.72 bits per heavy atom. The second-order valence-corrected chi connectivity index (χ2v) is 5.18. The standard InChI is InChI=1S/C14H21N3O/c1-2-7-15-14(3-1)17-8-4-12(5-9-17)16-13-6-10-18-11-13/h1-3,7,12-13,16H,4-6,8-11H2. The quantitative estimate of drug-likeness (QED) is 0.877. The molecule has 18 heavy (non-hydrogen) atoms. The summed E-state index contributed by atoms with van der Waals surface area (Å²) in [5, 5.41) is 3.72. The summed E-state index contributed by atoms with van der Waals surface area (Å²) in [5.41, 5.74) is 0. The van der Waals surface area contributed by atoms with E-state index < -0.39 is 0 Å². The Kier molecular flexibility index (Phi) is 3.76. The molecule has 1 aromatic heterocycles. The van der Waals surface area contributed by atoms with Crippen LogP contribution < -0.4 is 10.2 Å². The zero-order valence-electron chi connectivity index (χ0n) is 10.7. The Hall–Kier alpha value is -1.13. The van der Waals surface area contributed by atoms with Crippen LogP contribution in [0.1, 0.15) is 19.3 Å². The predicted octanol–water partition coefficient (Wildman–Crippen LogP) is 1.43. The van der Waals surface area contributed by atoms with Crippen molar-refractivity contribution in [2.45, 2.75) is 31.3 Å². The third-order valence-electron chi connectivity index (χ3n) is 3.87. The van der Waals surface area contributed by atoms with Gasteiger partial charge in [-0.25, -0.2) is 4.98 Å². The maximum atomic E-state index is 5.41. The molecule has 2 fully saturated rings. The highest BCUT2D eigenvalue weighted by Gasteiger charge is 2.24. The van der Waals surface area contributed by atoms with E-state index in [1.165, 1.54) is 19.3 Å². The van der Waals surface area contributed by atoms with Gasteiger partial charge in [0.1, 0.15) is 5.82 Å². The molecule has 0 amide bonds. The van der Waals surface area contributed by atoms with Crippen molar-refractivity contribution in [1.29, 1.82) is 0 Å². The molecule has 3 rings (SSSR count). The molecular formula is C14H21N3O. The Morgan fingerprint density at radius 2 is 2.06 bits per heavy atom. The number of ether oxygens (including phenoxy) is 1. The van der Waals surface area contributed by atoms with Gasteiger partial charge in [-0.05, 0) is 31.4 Å². The molecule has 0 aromatic carbocycles. The summed E-state index contributed by atoms with van der Waals surface area (Å²) in [5.74, 6) is 1.11. The lowest BCUT2D eigenvalue weighted by Gasteiger charge is -2.34. The molecule has 0 bridgehead atoms. The smallest absolute Gasteiger partial charge is 0.128 e. The number of nitrogens with zero attached hydrogens (tertiary/aromatic N) is 2. The molecule has 0 saturated carbocycles. The molecule has 4 nitrogen and oxygen atoms in total. The normalized spacial score (nSPS) is 25.6. The average Bonchev–Trinajstić information content (AvgIpc) is 2.94. The highest BCUT2D eigenvalue weighted by atomic mass is 16.5. The highest BCUT2D eigenvalue weighted by molar-refractivity contribution is 5.38. The van der Waals surface area contributed by atoms with Crippen LogP contribution in [0.15, 0.2) is 24.4 Å². The van der Waals surface area contributed by atoms with Gasteiger partial charge in [0.2, 0.25) is 0 Å². The van der Waals surface area contributed by atoms with Crippen LogP contribution in [-0.4, -0.2) is 43.4 Å². The molecule has 2 aliphatic rings. The second kappa shape index (κ2) is 5.67. The monoisotopic (exact) mass is 247 g/mol. The molecule has 3 heterocycles. The largest absolute Gasteiger partial charge is 0.380 e. The van der Waals surface area contributed by atoms with Crippen molar-refractivity contribution in [1.82, 2.24) is 10.3 Å². The fraction of sp³-hybridized carbons (Fsp3) is 0.643. The Balaban J connectivity index is 1.49. The lowest BCUT2D eigenvalue weighted by Crippen LogP contribution is -2.46. The van der Waals surface area contributed by atoms with Crippen LogP contribution >= 0.6 is 0 Å². The summed E-state index contributed by atoms with van der Waals surface area (Å²) in [6.45, 7) is 4.01. The Morgan fingerprint density at radius 1 is 1.17 bits per heavy atom. The van der Waals surface area contributed by atoms with E-state index in [2.05, 4.69) is 27.3 Å². The number of rotatable bonds is 3. The summed E-state index contributed by atoms with van der Waals surface area (Å²) in [6, 6.07) is 7.35. The molecule has 2 aliphatic heterocycles. The fourth-order valence-corrected chi connectivity index (χ4v) is 2.82. The van der Waals surface area contributed by atoms with Gasteiger partial charge in [-0.2, -0.15) is 0 Å². The number of hydrogen-bond donors (Lipinski definition) is 1. The average molecular weight is 247 g/mol. The van der Waals surface area contributed by atoms with E-state index in [9.17, 15) is 0 Å². The maximum Gasteiger partial charge on any atom is 0.128 e. The first-order valence-electron chi connectivity index (χ1n) is 6.91. The van der Waals surface area contributed by atoms with E-state index in [-0.39, 0.29) is 0 Å². The van der Waals surface area contributed by atoms with Crippen molar-refractivity contribution in [2.24, 2.45) is 0 Å². The first kappa shape index (κ1) is 11.9. The molecule has 1 N–H and O–H groups in total. The van der Waals surface area contributed by atoms with E-state index in [0.717, 1.165) is 32.1 Å². The summed E-state index contributed by atoms with van der Waals surface area (Å²) in [4.78, 5) is 6.79. The zero-order valence-corrected chi connectivity index (χ0v) is 10.7. The molecule has 2 saturated heterocycles. The van der Waals surface area contributed by atoms with E-state index in [1.54, 1.807) is 0 Å². The first-order chi connectivity index (χ1) is 8.92. The molecule has 0 aliphatic carbocycles. The highest BCUT2D eigenvalue weighted by Crippen LogP contribution is 2.18. The number of nitrogens with one attached hydrogen (secondary N) is 1. The Labute approximate surface area is 108 Å². The second-order valence-electron chi connectivity index (χ2n) is 5.18. The van der Waals surface area contributed by atoms with Crippen molar-refractivity contribution >= 4 is 5.82 Å². The van der Waals surface area contributed by atoms with Gasteiger partial charge in [0.15, 0.2) is 0 Å². The van der Waals surface area contributed by atoms with Gasteiger partial charge in [0.25, 0.3) is 0 Å². The van der Waals surface area contributed by atoms with Gasteiger partial charge < -0.3 is 15.0 Å². The van der Waals surface area contributed by atoms with Crippen molar-refractivity contribution in [3.63, 3.8) is 0 Å². The minimum Gasteiger partial charge on any atom is -0.380 e. The van der Waals surface area contributed by atoms with Gasteiger partial charge in [0.05, 0.1) is 6.61 Å². The van der Waals surface area contributed by atoms with Crippen LogP contribution in [0.5, 0.6) is 0 Å². The van der Waals surface area contributed by atoms with E-state index in [1.807, 2.05) is 12.3 Å². The summed E-state index contributed by atoms with van der Waals surface area (Å²) in [7, 11) is 0. The van der Waals surface area contributed by atoms with Gasteiger partial charge >= 0.3 is 0 Å². The molecule has 1 aromatic rings. The number of aromatic nitrogens is 1. The fourth-order valence-electron chi connectivity index (χ4n) is 2.82. The lowest BCUT2D eigenvalue weighted by molar-refractivity contribution is 0.186. The van der Waals surface area contributed by atoms with Crippen LogP contribution in [0.3, 0.4) is 0 Å². The molecular weight excluding hydrogens is 226 g/mol. The predicted molar refractivity (Wildman–Crippen MR) is 71.8 cm³/mol. The SMILES string of the molecule is c1ccc(N2CCC(NC3CCOC3)CC2)nc1. The van der Waals surface area contributed by atoms with Crippen molar-refractivity contribution in [3.05, 3.63) is 24.4 Å². The Bertz CT molecular complexity index is 357. The third-order valence-corrected chi connectivity index (χ3v) is 3.87. The van der Waals surface area contributed by atoms with Gasteiger partial charge in [-0.3, -0.25) is 0 Å². The molecule has 1 unspecified atom stereocenters. The first-order valence-corrected chi connectivity index (χ1v) is 6.91. The van der Waals surface area contributed by atoms with Crippen molar-refractivity contribution in [3.8, 4) is 0 Å². The zero-order chi connectivity index (χ0) is 12.2. The number of hydrogen-bond acceptors (Lipinski definition) is 4. The minimum absolute atomic E-state index is 0.580. The number of pyridine rings is 1. The maximum absolute atomic E-state index is 5.41.